The standard InChI is InChI=1S/C16H18ClN5S/c17-12-9-10(23-22-7-1-2-8-22)3-4-11(12)14-6-5-13(18)15(21-14)16(19)20/h3-6,9H,1-2,7-8,18H2,(H3,19,20). The van der Waals surface area contributed by atoms with E-state index in [-0.39, 0.29) is 11.5 Å². The summed E-state index contributed by atoms with van der Waals surface area (Å²) in [6, 6.07) is 9.42. The molecule has 120 valence electrons. The molecule has 1 aliphatic heterocycles. The number of nitrogens with two attached hydrogens (primary N) is 2. The number of nitrogens with one attached hydrogen (secondary N) is 1. The van der Waals surface area contributed by atoms with Crippen molar-refractivity contribution >= 4 is 35.1 Å². The van der Waals surface area contributed by atoms with Crippen molar-refractivity contribution in [2.45, 2.75) is 17.7 Å². The Labute approximate surface area is 144 Å². The van der Waals surface area contributed by atoms with Crippen LogP contribution in [0.5, 0.6) is 0 Å². The summed E-state index contributed by atoms with van der Waals surface area (Å²) in [7, 11) is 0. The fourth-order valence-electron chi connectivity index (χ4n) is 2.52. The number of pyridine rings is 1. The van der Waals surface area contributed by atoms with Gasteiger partial charge < -0.3 is 11.5 Å². The maximum absolute atomic E-state index is 7.54. The van der Waals surface area contributed by atoms with Gasteiger partial charge in [-0.15, -0.1) is 0 Å². The first-order chi connectivity index (χ1) is 11.0. The lowest BCUT2D eigenvalue weighted by molar-refractivity contribution is 0.586. The summed E-state index contributed by atoms with van der Waals surface area (Å²) in [4.78, 5) is 5.47. The minimum absolute atomic E-state index is 0.151. The molecule has 0 spiro atoms. The van der Waals surface area contributed by atoms with Gasteiger partial charge in [-0.25, -0.2) is 9.29 Å². The summed E-state index contributed by atoms with van der Waals surface area (Å²) in [6.45, 7) is 2.23. The molecule has 2 heterocycles. The third-order valence-electron chi connectivity index (χ3n) is 3.70. The molecular formula is C16H18ClN5S. The zero-order valence-electron chi connectivity index (χ0n) is 12.6. The Bertz CT molecular complexity index is 743. The van der Waals surface area contributed by atoms with Crippen molar-refractivity contribution in [1.82, 2.24) is 9.29 Å². The van der Waals surface area contributed by atoms with Crippen LogP contribution < -0.4 is 11.5 Å². The number of nitrogens with zero attached hydrogens (tertiary/aromatic N) is 2. The molecule has 1 fully saturated rings. The van der Waals surface area contributed by atoms with Crippen molar-refractivity contribution in [3.63, 3.8) is 0 Å². The number of halogens is 1. The molecule has 2 aromatic rings. The fourth-order valence-corrected chi connectivity index (χ4v) is 3.90. The number of hydrogen-bond acceptors (Lipinski definition) is 5. The number of anilines is 1. The Balaban J connectivity index is 1.88. The molecule has 3 rings (SSSR count). The quantitative estimate of drug-likeness (QED) is 0.448. The van der Waals surface area contributed by atoms with Gasteiger partial charge in [0.2, 0.25) is 0 Å². The second-order valence-electron chi connectivity index (χ2n) is 5.42. The zero-order chi connectivity index (χ0) is 16.4. The Kier molecular flexibility index (Phi) is 4.75. The van der Waals surface area contributed by atoms with Crippen molar-refractivity contribution < 1.29 is 0 Å². The van der Waals surface area contributed by atoms with E-state index >= 15 is 0 Å². The monoisotopic (exact) mass is 347 g/mol. The summed E-state index contributed by atoms with van der Waals surface area (Å²) in [6.07, 6.45) is 2.50. The first kappa shape index (κ1) is 16.1. The molecule has 1 aliphatic rings. The van der Waals surface area contributed by atoms with E-state index in [0.29, 0.717) is 16.4 Å². The number of amidine groups is 1. The number of nitrogen functional groups attached to an aromatic ring is 2. The van der Waals surface area contributed by atoms with E-state index in [0.717, 1.165) is 23.5 Å². The largest absolute Gasteiger partial charge is 0.397 e. The number of benzene rings is 1. The third-order valence-corrected chi connectivity index (χ3v) is 5.10. The first-order valence-corrected chi connectivity index (χ1v) is 8.53. The molecule has 5 nitrogen and oxygen atoms in total. The van der Waals surface area contributed by atoms with Crippen LogP contribution in [0.4, 0.5) is 5.69 Å². The van der Waals surface area contributed by atoms with Gasteiger partial charge in [-0.05, 0) is 49.1 Å². The summed E-state index contributed by atoms with van der Waals surface area (Å²) in [5.74, 6) is -0.151. The van der Waals surface area contributed by atoms with Gasteiger partial charge in [0.1, 0.15) is 11.5 Å². The van der Waals surface area contributed by atoms with Crippen molar-refractivity contribution in [2.75, 3.05) is 18.8 Å². The SMILES string of the molecule is N=C(N)c1nc(-c2ccc(SN3CCCC3)cc2Cl)ccc1N. The van der Waals surface area contributed by atoms with Gasteiger partial charge in [-0.1, -0.05) is 17.7 Å². The van der Waals surface area contributed by atoms with Gasteiger partial charge in [0.15, 0.2) is 0 Å². The van der Waals surface area contributed by atoms with E-state index in [1.54, 1.807) is 24.1 Å². The summed E-state index contributed by atoms with van der Waals surface area (Å²) >= 11 is 8.17. The maximum Gasteiger partial charge on any atom is 0.143 e. The predicted molar refractivity (Wildman–Crippen MR) is 96.8 cm³/mol. The number of rotatable bonds is 4. The van der Waals surface area contributed by atoms with Crippen LogP contribution in [0.2, 0.25) is 5.02 Å². The molecule has 0 amide bonds. The highest BCUT2D eigenvalue weighted by molar-refractivity contribution is 7.97. The fraction of sp³-hybridized carbons (Fsp3) is 0.250. The normalized spacial score (nSPS) is 15.0. The molecule has 0 saturated carbocycles. The van der Waals surface area contributed by atoms with Crippen LogP contribution >= 0.6 is 23.5 Å². The third kappa shape index (κ3) is 3.60. The Morgan fingerprint density at radius 2 is 1.96 bits per heavy atom. The summed E-state index contributed by atoms with van der Waals surface area (Å²) < 4.78 is 2.35. The van der Waals surface area contributed by atoms with Crippen molar-refractivity contribution in [1.29, 1.82) is 5.41 Å². The number of hydrogen-bond donors (Lipinski definition) is 3. The topological polar surface area (TPSA) is 92.0 Å². The summed E-state index contributed by atoms with van der Waals surface area (Å²) in [5.41, 5.74) is 13.4. The van der Waals surface area contributed by atoms with Gasteiger partial charge in [0.05, 0.1) is 16.4 Å². The second kappa shape index (κ2) is 6.78. The van der Waals surface area contributed by atoms with Gasteiger partial charge in [-0.2, -0.15) is 0 Å². The second-order valence-corrected chi connectivity index (χ2v) is 6.99. The Morgan fingerprint density at radius 1 is 1.22 bits per heavy atom. The Hall–Kier alpha value is -1.76. The van der Waals surface area contributed by atoms with E-state index in [1.807, 2.05) is 18.2 Å². The predicted octanol–water partition coefficient (Wildman–Crippen LogP) is 3.37. The molecule has 0 radical (unpaired) electrons. The highest BCUT2D eigenvalue weighted by Gasteiger charge is 2.15. The average molecular weight is 348 g/mol. The van der Waals surface area contributed by atoms with E-state index in [1.165, 1.54) is 12.8 Å². The van der Waals surface area contributed by atoms with Gasteiger partial charge in [0, 0.05) is 23.5 Å². The van der Waals surface area contributed by atoms with Crippen molar-refractivity contribution in [3.05, 3.63) is 41.0 Å². The van der Waals surface area contributed by atoms with Crippen LogP contribution in [0.15, 0.2) is 35.2 Å². The molecule has 7 heteroatoms. The molecule has 0 unspecified atom stereocenters. The van der Waals surface area contributed by atoms with E-state index in [2.05, 4.69) is 9.29 Å². The van der Waals surface area contributed by atoms with Crippen LogP contribution in [0.3, 0.4) is 0 Å². The minimum Gasteiger partial charge on any atom is -0.397 e. The Morgan fingerprint density at radius 3 is 2.61 bits per heavy atom. The smallest absolute Gasteiger partial charge is 0.143 e. The molecule has 0 bridgehead atoms. The molecule has 1 saturated heterocycles. The van der Waals surface area contributed by atoms with Crippen LogP contribution in [-0.4, -0.2) is 28.2 Å². The van der Waals surface area contributed by atoms with Crippen LogP contribution in [-0.2, 0) is 0 Å². The molecule has 1 aromatic carbocycles. The molecule has 1 aromatic heterocycles. The van der Waals surface area contributed by atoms with Gasteiger partial charge in [0.25, 0.3) is 0 Å². The lowest BCUT2D eigenvalue weighted by Gasteiger charge is -2.14. The highest BCUT2D eigenvalue weighted by Crippen LogP contribution is 2.34. The molecule has 0 aliphatic carbocycles. The molecule has 0 atom stereocenters. The van der Waals surface area contributed by atoms with Crippen molar-refractivity contribution in [3.8, 4) is 11.3 Å². The molecule has 23 heavy (non-hydrogen) atoms. The van der Waals surface area contributed by atoms with Crippen LogP contribution in [0, 0.1) is 5.41 Å². The van der Waals surface area contributed by atoms with Crippen molar-refractivity contribution in [2.24, 2.45) is 5.73 Å². The van der Waals surface area contributed by atoms with Crippen LogP contribution in [0.1, 0.15) is 18.5 Å². The lowest BCUT2D eigenvalue weighted by Crippen LogP contribution is -2.16. The van der Waals surface area contributed by atoms with E-state index < -0.39 is 0 Å². The summed E-state index contributed by atoms with van der Waals surface area (Å²) in [5, 5.41) is 8.17. The molecule has 5 N–H and O–H groups in total. The highest BCUT2D eigenvalue weighted by atomic mass is 35.5. The zero-order valence-corrected chi connectivity index (χ0v) is 14.1. The molecular weight excluding hydrogens is 330 g/mol. The van der Waals surface area contributed by atoms with E-state index in [9.17, 15) is 0 Å². The number of aromatic nitrogens is 1. The van der Waals surface area contributed by atoms with Gasteiger partial charge >= 0.3 is 0 Å². The van der Waals surface area contributed by atoms with E-state index in [4.69, 9.17) is 28.5 Å². The lowest BCUT2D eigenvalue weighted by atomic mass is 10.1. The minimum atomic E-state index is -0.151. The maximum atomic E-state index is 7.54. The van der Waals surface area contributed by atoms with Gasteiger partial charge in [-0.3, -0.25) is 5.41 Å². The average Bonchev–Trinajstić information content (AvgIpc) is 3.01. The van der Waals surface area contributed by atoms with Crippen LogP contribution in [0.25, 0.3) is 11.3 Å². The first-order valence-electron chi connectivity index (χ1n) is 7.38.